The number of fused-ring (bicyclic) bond motifs is 2. The molecule has 0 atom stereocenters. The lowest BCUT2D eigenvalue weighted by Crippen LogP contribution is -1.77. The van der Waals surface area contributed by atoms with Crippen molar-refractivity contribution in [2.75, 3.05) is 0 Å². The summed E-state index contributed by atoms with van der Waals surface area (Å²) in [5.41, 5.74) is 0. The van der Waals surface area contributed by atoms with Crippen LogP contribution in [0.2, 0.25) is 0 Å². The summed E-state index contributed by atoms with van der Waals surface area (Å²) in [6.07, 6.45) is 0. The third kappa shape index (κ3) is 1.20. The second kappa shape index (κ2) is 3.14. The summed E-state index contributed by atoms with van der Waals surface area (Å²) in [5, 5.41) is 22.9. The monoisotopic (exact) mass is 210 g/mol. The van der Waals surface area contributed by atoms with Crippen molar-refractivity contribution in [3.05, 3.63) is 48.5 Å². The highest BCUT2D eigenvalue weighted by molar-refractivity contribution is 6.02. The zero-order chi connectivity index (χ0) is 11.1. The fourth-order valence-corrected chi connectivity index (χ4v) is 2.02. The van der Waals surface area contributed by atoms with Crippen molar-refractivity contribution in [3.8, 4) is 11.5 Å². The van der Waals surface area contributed by atoms with E-state index >= 15 is 0 Å². The van der Waals surface area contributed by atoms with Gasteiger partial charge in [0.2, 0.25) is 0 Å². The van der Waals surface area contributed by atoms with E-state index in [4.69, 9.17) is 0 Å². The summed E-state index contributed by atoms with van der Waals surface area (Å²) in [7, 11) is 0. The van der Waals surface area contributed by atoms with Gasteiger partial charge in [0, 0.05) is 10.8 Å². The summed E-state index contributed by atoms with van der Waals surface area (Å²) < 4.78 is 0. The van der Waals surface area contributed by atoms with Gasteiger partial charge in [-0.05, 0) is 35.0 Å². The van der Waals surface area contributed by atoms with Gasteiger partial charge in [0.1, 0.15) is 11.5 Å². The average Bonchev–Trinajstić information content (AvgIpc) is 2.29. The molecule has 3 aromatic carbocycles. The van der Waals surface area contributed by atoms with Crippen LogP contribution in [-0.4, -0.2) is 10.2 Å². The van der Waals surface area contributed by atoms with E-state index in [0.717, 1.165) is 21.5 Å². The SMILES string of the molecule is Oc1cccc2cc3c(O)cccc3cc12. The fraction of sp³-hybridized carbons (Fsp3) is 0. The first kappa shape index (κ1) is 9.04. The Hall–Kier alpha value is -2.22. The number of hydrogen-bond donors (Lipinski definition) is 2. The summed E-state index contributed by atoms with van der Waals surface area (Å²) in [6.45, 7) is 0. The molecule has 0 radical (unpaired) electrons. The Morgan fingerprint density at radius 3 is 1.50 bits per heavy atom. The van der Waals surface area contributed by atoms with E-state index < -0.39 is 0 Å². The van der Waals surface area contributed by atoms with Gasteiger partial charge in [0.15, 0.2) is 0 Å². The van der Waals surface area contributed by atoms with Crippen LogP contribution in [0.1, 0.15) is 0 Å². The Bertz CT molecular complexity index is 625. The lowest BCUT2D eigenvalue weighted by atomic mass is 10.0. The van der Waals surface area contributed by atoms with Crippen molar-refractivity contribution in [1.29, 1.82) is 0 Å². The van der Waals surface area contributed by atoms with Crippen LogP contribution in [0.15, 0.2) is 48.5 Å². The minimum absolute atomic E-state index is 0.266. The van der Waals surface area contributed by atoms with E-state index in [1.165, 1.54) is 0 Å². The summed E-state index contributed by atoms with van der Waals surface area (Å²) >= 11 is 0. The molecule has 0 saturated heterocycles. The molecule has 78 valence electrons. The van der Waals surface area contributed by atoms with E-state index in [1.807, 2.05) is 24.3 Å². The van der Waals surface area contributed by atoms with Crippen molar-refractivity contribution >= 4 is 21.5 Å². The quantitative estimate of drug-likeness (QED) is 0.558. The second-order valence-corrected chi connectivity index (χ2v) is 3.85. The molecule has 0 heterocycles. The molecule has 2 N–H and O–H groups in total. The summed E-state index contributed by atoms with van der Waals surface area (Å²) in [6, 6.07) is 14.5. The molecular weight excluding hydrogens is 200 g/mol. The van der Waals surface area contributed by atoms with Crippen molar-refractivity contribution < 1.29 is 10.2 Å². The first-order valence-electron chi connectivity index (χ1n) is 5.09. The Kier molecular flexibility index (Phi) is 1.77. The van der Waals surface area contributed by atoms with Gasteiger partial charge in [0.25, 0.3) is 0 Å². The Labute approximate surface area is 92.4 Å². The standard InChI is InChI=1S/C14H10O2/c15-13-5-1-3-9-7-12-10(8-11(9)13)4-2-6-14(12)16/h1-8,15-16H. The highest BCUT2D eigenvalue weighted by atomic mass is 16.3. The van der Waals surface area contributed by atoms with Gasteiger partial charge in [-0.3, -0.25) is 0 Å². The maximum atomic E-state index is 9.74. The number of phenolic OH excluding ortho intramolecular Hbond substituents is 2. The molecule has 2 nitrogen and oxygen atoms in total. The average molecular weight is 210 g/mol. The van der Waals surface area contributed by atoms with Crippen molar-refractivity contribution in [1.82, 2.24) is 0 Å². The Balaban J connectivity index is 2.54. The van der Waals surface area contributed by atoms with E-state index in [-0.39, 0.29) is 11.5 Å². The number of rotatable bonds is 0. The molecule has 0 fully saturated rings. The number of hydrogen-bond acceptors (Lipinski definition) is 2. The molecule has 0 aliphatic rings. The van der Waals surface area contributed by atoms with Crippen LogP contribution >= 0.6 is 0 Å². The summed E-state index contributed by atoms with van der Waals surface area (Å²) in [5.74, 6) is 0.533. The molecule has 3 rings (SSSR count). The Morgan fingerprint density at radius 2 is 1.06 bits per heavy atom. The van der Waals surface area contributed by atoms with Gasteiger partial charge in [-0.2, -0.15) is 0 Å². The predicted molar refractivity (Wildman–Crippen MR) is 64.8 cm³/mol. The van der Waals surface area contributed by atoms with Crippen LogP contribution in [0, 0.1) is 0 Å². The Morgan fingerprint density at radius 1 is 0.625 bits per heavy atom. The molecule has 0 unspecified atom stereocenters. The fourth-order valence-electron chi connectivity index (χ4n) is 2.02. The normalized spacial score (nSPS) is 11.0. The maximum absolute atomic E-state index is 9.74. The lowest BCUT2D eigenvalue weighted by molar-refractivity contribution is 0.480. The minimum atomic E-state index is 0.266. The first-order chi connectivity index (χ1) is 7.75. The van der Waals surface area contributed by atoms with Crippen LogP contribution in [-0.2, 0) is 0 Å². The molecule has 3 aromatic rings. The van der Waals surface area contributed by atoms with Crippen molar-refractivity contribution in [3.63, 3.8) is 0 Å². The van der Waals surface area contributed by atoms with Crippen LogP contribution in [0.25, 0.3) is 21.5 Å². The molecular formula is C14H10O2. The van der Waals surface area contributed by atoms with Crippen molar-refractivity contribution in [2.24, 2.45) is 0 Å². The second-order valence-electron chi connectivity index (χ2n) is 3.85. The van der Waals surface area contributed by atoms with E-state index in [9.17, 15) is 10.2 Å². The van der Waals surface area contributed by atoms with Gasteiger partial charge in [-0.25, -0.2) is 0 Å². The van der Waals surface area contributed by atoms with E-state index in [1.54, 1.807) is 24.3 Å². The highest BCUT2D eigenvalue weighted by Gasteiger charge is 2.04. The minimum Gasteiger partial charge on any atom is -0.507 e. The molecule has 0 aromatic heterocycles. The molecule has 0 aliphatic carbocycles. The van der Waals surface area contributed by atoms with Crippen LogP contribution in [0.3, 0.4) is 0 Å². The van der Waals surface area contributed by atoms with Crippen LogP contribution in [0.5, 0.6) is 11.5 Å². The molecule has 0 aliphatic heterocycles. The molecule has 2 heteroatoms. The third-order valence-corrected chi connectivity index (χ3v) is 2.83. The predicted octanol–water partition coefficient (Wildman–Crippen LogP) is 3.40. The number of phenols is 2. The van der Waals surface area contributed by atoms with Crippen molar-refractivity contribution in [2.45, 2.75) is 0 Å². The van der Waals surface area contributed by atoms with Gasteiger partial charge in [-0.1, -0.05) is 24.3 Å². The highest BCUT2D eigenvalue weighted by Crippen LogP contribution is 2.32. The first-order valence-corrected chi connectivity index (χ1v) is 5.09. The largest absolute Gasteiger partial charge is 0.507 e. The molecule has 0 saturated carbocycles. The lowest BCUT2D eigenvalue weighted by Gasteiger charge is -2.05. The number of benzene rings is 3. The van der Waals surface area contributed by atoms with Crippen LogP contribution in [0.4, 0.5) is 0 Å². The molecule has 16 heavy (non-hydrogen) atoms. The third-order valence-electron chi connectivity index (χ3n) is 2.83. The topological polar surface area (TPSA) is 40.5 Å². The summed E-state index contributed by atoms with van der Waals surface area (Å²) in [4.78, 5) is 0. The maximum Gasteiger partial charge on any atom is 0.123 e. The van der Waals surface area contributed by atoms with Crippen LogP contribution < -0.4 is 0 Å². The van der Waals surface area contributed by atoms with Gasteiger partial charge in [0.05, 0.1) is 0 Å². The van der Waals surface area contributed by atoms with E-state index in [2.05, 4.69) is 0 Å². The van der Waals surface area contributed by atoms with Gasteiger partial charge < -0.3 is 10.2 Å². The van der Waals surface area contributed by atoms with E-state index in [0.29, 0.717) is 0 Å². The molecule has 0 amide bonds. The molecule has 0 bridgehead atoms. The smallest absolute Gasteiger partial charge is 0.123 e. The molecule has 0 spiro atoms. The zero-order valence-electron chi connectivity index (χ0n) is 8.51. The zero-order valence-corrected chi connectivity index (χ0v) is 8.51. The number of aromatic hydroxyl groups is 2. The van der Waals surface area contributed by atoms with Gasteiger partial charge >= 0.3 is 0 Å². The van der Waals surface area contributed by atoms with Gasteiger partial charge in [-0.15, -0.1) is 0 Å².